The number of benzene rings is 1. The summed E-state index contributed by atoms with van der Waals surface area (Å²) in [6, 6.07) is 3.68. The molecule has 1 saturated heterocycles. The second-order valence-electron chi connectivity index (χ2n) is 3.72. The minimum Gasteiger partial charge on any atom is -0.404 e. The predicted octanol–water partition coefficient (Wildman–Crippen LogP) is 2.79. The Morgan fingerprint density at radius 2 is 2.19 bits per heavy atom. The molecule has 1 aliphatic rings. The van der Waals surface area contributed by atoms with Gasteiger partial charge in [-0.2, -0.15) is 5.10 Å². The molecule has 5 nitrogen and oxygen atoms in total. The van der Waals surface area contributed by atoms with E-state index in [2.05, 4.69) is 20.3 Å². The number of carbonyl (C=O) groups excluding carboxylic acids is 1. The SMILES string of the molecule is O=C1CSC(=NN=Cc2ccc(OC(F)(F)F)c(Cl)c2)N1. The summed E-state index contributed by atoms with van der Waals surface area (Å²) in [6.45, 7) is 0. The molecule has 0 saturated carbocycles. The standard InChI is InChI=1S/C11H7ClF3N3O2S/c12-7-3-6(1-2-8(7)20-11(13,14)15)4-16-18-10-17-9(19)5-21-10/h1-4H,5H2,(H,17,18,19). The van der Waals surface area contributed by atoms with Gasteiger partial charge >= 0.3 is 6.36 Å². The largest absolute Gasteiger partial charge is 0.573 e. The zero-order valence-corrected chi connectivity index (χ0v) is 11.7. The van der Waals surface area contributed by atoms with Gasteiger partial charge in [0.15, 0.2) is 5.17 Å². The number of ether oxygens (including phenoxy) is 1. The number of carbonyl (C=O) groups is 1. The lowest BCUT2D eigenvalue weighted by Gasteiger charge is -2.10. The Balaban J connectivity index is 2.05. The molecule has 0 atom stereocenters. The van der Waals surface area contributed by atoms with Gasteiger partial charge < -0.3 is 10.1 Å². The lowest BCUT2D eigenvalue weighted by Crippen LogP contribution is -2.19. The van der Waals surface area contributed by atoms with E-state index in [1.54, 1.807) is 0 Å². The molecule has 1 fully saturated rings. The maximum atomic E-state index is 12.1. The molecule has 0 spiro atoms. The minimum absolute atomic E-state index is 0.161. The van der Waals surface area contributed by atoms with Crippen molar-refractivity contribution < 1.29 is 22.7 Å². The van der Waals surface area contributed by atoms with Crippen molar-refractivity contribution in [2.24, 2.45) is 10.2 Å². The first kappa shape index (κ1) is 15.6. The lowest BCUT2D eigenvalue weighted by atomic mass is 10.2. The number of halogens is 4. The normalized spacial score (nSPS) is 17.5. The second-order valence-corrected chi connectivity index (χ2v) is 5.10. The molecule has 0 aromatic heterocycles. The van der Waals surface area contributed by atoms with Crippen LogP contribution in [0.3, 0.4) is 0 Å². The van der Waals surface area contributed by atoms with Gasteiger partial charge in [-0.25, -0.2) is 0 Å². The Kier molecular flexibility index (Phi) is 4.73. The number of amides is 1. The number of thioether (sulfide) groups is 1. The fourth-order valence-electron chi connectivity index (χ4n) is 1.33. The summed E-state index contributed by atoms with van der Waals surface area (Å²) < 4.78 is 39.9. The third kappa shape index (κ3) is 4.94. The molecular weight excluding hydrogens is 331 g/mol. The highest BCUT2D eigenvalue weighted by Crippen LogP contribution is 2.30. The molecule has 2 rings (SSSR count). The number of hydrogen-bond acceptors (Lipinski definition) is 5. The van der Waals surface area contributed by atoms with E-state index < -0.39 is 12.1 Å². The fraction of sp³-hybridized carbons (Fsp3) is 0.182. The Morgan fingerprint density at radius 3 is 2.76 bits per heavy atom. The van der Waals surface area contributed by atoms with Gasteiger partial charge in [0.25, 0.3) is 0 Å². The molecule has 1 aromatic carbocycles. The number of nitrogens with one attached hydrogen (secondary N) is 1. The van der Waals surface area contributed by atoms with Crippen molar-refractivity contribution in [3.8, 4) is 5.75 Å². The molecule has 0 aliphatic carbocycles. The maximum absolute atomic E-state index is 12.1. The average molecular weight is 338 g/mol. The van der Waals surface area contributed by atoms with E-state index in [0.29, 0.717) is 10.7 Å². The van der Waals surface area contributed by atoms with Crippen LogP contribution in [0, 0.1) is 0 Å². The minimum atomic E-state index is -4.80. The van der Waals surface area contributed by atoms with Crippen LogP contribution in [-0.2, 0) is 4.79 Å². The van der Waals surface area contributed by atoms with Crippen LogP contribution in [0.1, 0.15) is 5.56 Å². The summed E-state index contributed by atoms with van der Waals surface area (Å²) in [6.07, 6.45) is -3.51. The van der Waals surface area contributed by atoms with Crippen molar-refractivity contribution in [1.29, 1.82) is 0 Å². The van der Waals surface area contributed by atoms with Crippen LogP contribution in [0.2, 0.25) is 5.02 Å². The Hall–Kier alpha value is -1.74. The van der Waals surface area contributed by atoms with E-state index >= 15 is 0 Å². The summed E-state index contributed by atoms with van der Waals surface area (Å²) in [5, 5.41) is 10.1. The molecule has 1 N–H and O–H groups in total. The topological polar surface area (TPSA) is 63.0 Å². The molecule has 21 heavy (non-hydrogen) atoms. The van der Waals surface area contributed by atoms with Crippen LogP contribution in [0.4, 0.5) is 13.2 Å². The highest BCUT2D eigenvalue weighted by Gasteiger charge is 2.31. The first-order chi connectivity index (χ1) is 9.83. The molecule has 1 aliphatic heterocycles. The Bertz CT molecular complexity index is 619. The fourth-order valence-corrected chi connectivity index (χ4v) is 2.19. The summed E-state index contributed by atoms with van der Waals surface area (Å²) >= 11 is 6.88. The van der Waals surface area contributed by atoms with Crippen molar-refractivity contribution >= 4 is 40.7 Å². The van der Waals surface area contributed by atoms with Crippen LogP contribution in [0.15, 0.2) is 28.4 Å². The van der Waals surface area contributed by atoms with Crippen LogP contribution >= 0.6 is 23.4 Å². The van der Waals surface area contributed by atoms with Crippen LogP contribution < -0.4 is 10.1 Å². The van der Waals surface area contributed by atoms with E-state index in [9.17, 15) is 18.0 Å². The third-order valence-corrected chi connectivity index (χ3v) is 3.28. The summed E-state index contributed by atoms with van der Waals surface area (Å²) in [5.74, 6) is -0.374. The molecule has 112 valence electrons. The molecular formula is C11H7ClF3N3O2S. The van der Waals surface area contributed by atoms with Gasteiger partial charge in [-0.05, 0) is 23.8 Å². The van der Waals surface area contributed by atoms with Crippen LogP contribution in [-0.4, -0.2) is 29.4 Å². The lowest BCUT2D eigenvalue weighted by molar-refractivity contribution is -0.274. The van der Waals surface area contributed by atoms with Gasteiger partial charge in [0.1, 0.15) is 5.75 Å². The van der Waals surface area contributed by atoms with Gasteiger partial charge in [-0.15, -0.1) is 18.3 Å². The second kappa shape index (κ2) is 6.35. The van der Waals surface area contributed by atoms with Gasteiger partial charge in [-0.3, -0.25) is 4.79 Å². The number of alkyl halides is 3. The third-order valence-electron chi connectivity index (χ3n) is 2.12. The van der Waals surface area contributed by atoms with Crippen molar-refractivity contribution in [3.63, 3.8) is 0 Å². The Labute approximate surface area is 126 Å². The van der Waals surface area contributed by atoms with E-state index in [1.807, 2.05) is 0 Å². The molecule has 0 bridgehead atoms. The van der Waals surface area contributed by atoms with E-state index in [-0.39, 0.29) is 16.7 Å². The molecule has 1 heterocycles. The molecule has 0 radical (unpaired) electrons. The monoisotopic (exact) mass is 337 g/mol. The smallest absolute Gasteiger partial charge is 0.404 e. The highest BCUT2D eigenvalue weighted by molar-refractivity contribution is 8.15. The predicted molar refractivity (Wildman–Crippen MR) is 73.8 cm³/mol. The zero-order chi connectivity index (χ0) is 15.5. The number of hydrogen-bond donors (Lipinski definition) is 1. The van der Waals surface area contributed by atoms with E-state index in [1.165, 1.54) is 30.1 Å². The summed E-state index contributed by atoms with van der Waals surface area (Å²) in [7, 11) is 0. The first-order valence-electron chi connectivity index (χ1n) is 5.42. The Morgan fingerprint density at radius 1 is 1.43 bits per heavy atom. The maximum Gasteiger partial charge on any atom is 0.573 e. The van der Waals surface area contributed by atoms with Crippen LogP contribution in [0.25, 0.3) is 0 Å². The first-order valence-corrected chi connectivity index (χ1v) is 6.79. The summed E-state index contributed by atoms with van der Waals surface area (Å²) in [5.41, 5.74) is 0.438. The quantitative estimate of drug-likeness (QED) is 0.681. The van der Waals surface area contributed by atoms with Crippen molar-refractivity contribution in [2.75, 3.05) is 5.75 Å². The van der Waals surface area contributed by atoms with Crippen molar-refractivity contribution in [3.05, 3.63) is 28.8 Å². The van der Waals surface area contributed by atoms with Gasteiger partial charge in [0, 0.05) is 0 Å². The van der Waals surface area contributed by atoms with Crippen LogP contribution in [0.5, 0.6) is 5.75 Å². The van der Waals surface area contributed by atoms with E-state index in [0.717, 1.165) is 6.07 Å². The molecule has 0 unspecified atom stereocenters. The number of amidine groups is 1. The van der Waals surface area contributed by atoms with Crippen molar-refractivity contribution in [2.45, 2.75) is 6.36 Å². The number of rotatable bonds is 3. The van der Waals surface area contributed by atoms with Gasteiger partial charge in [0.05, 0.1) is 17.0 Å². The van der Waals surface area contributed by atoms with Gasteiger partial charge in [-0.1, -0.05) is 23.4 Å². The molecule has 1 aromatic rings. The number of nitrogens with zero attached hydrogens (tertiary/aromatic N) is 2. The van der Waals surface area contributed by atoms with Gasteiger partial charge in [0.2, 0.25) is 5.91 Å². The molecule has 1 amide bonds. The zero-order valence-electron chi connectivity index (χ0n) is 10.1. The van der Waals surface area contributed by atoms with Crippen molar-refractivity contribution in [1.82, 2.24) is 5.32 Å². The summed E-state index contributed by atoms with van der Waals surface area (Å²) in [4.78, 5) is 10.9. The van der Waals surface area contributed by atoms with E-state index in [4.69, 9.17) is 11.6 Å². The molecule has 10 heteroatoms. The average Bonchev–Trinajstić information content (AvgIpc) is 2.77. The highest BCUT2D eigenvalue weighted by atomic mass is 35.5.